The molecule has 3 rings (SSSR count). The van der Waals surface area contributed by atoms with Crippen molar-refractivity contribution < 1.29 is 19.2 Å². The average molecular weight is 361 g/mol. The van der Waals surface area contributed by atoms with Gasteiger partial charge in [0, 0.05) is 6.08 Å². The summed E-state index contributed by atoms with van der Waals surface area (Å²) in [5, 5.41) is 14.2. The largest absolute Gasteiger partial charge is 0.454 e. The second-order valence-electron chi connectivity index (χ2n) is 5.33. The van der Waals surface area contributed by atoms with Crippen LogP contribution in [0.2, 0.25) is 5.02 Å². The predicted octanol–water partition coefficient (Wildman–Crippen LogP) is 3.94. The Morgan fingerprint density at radius 3 is 2.68 bits per heavy atom. The van der Waals surface area contributed by atoms with Crippen LogP contribution in [0.15, 0.2) is 36.4 Å². The summed E-state index contributed by atoms with van der Waals surface area (Å²) >= 11 is 6.06. The third-order valence-electron chi connectivity index (χ3n) is 3.52. The molecule has 0 unspecified atom stereocenters. The molecule has 1 aliphatic rings. The van der Waals surface area contributed by atoms with Crippen LogP contribution < -0.4 is 14.8 Å². The van der Waals surface area contributed by atoms with Crippen molar-refractivity contribution in [1.29, 1.82) is 0 Å². The number of halogens is 1. The topological polar surface area (TPSA) is 90.7 Å². The summed E-state index contributed by atoms with van der Waals surface area (Å²) in [6.45, 7) is 1.89. The molecule has 1 amide bonds. The molecule has 0 saturated carbocycles. The minimum absolute atomic E-state index is 0.00602. The van der Waals surface area contributed by atoms with Crippen LogP contribution in [0.25, 0.3) is 6.08 Å². The van der Waals surface area contributed by atoms with Gasteiger partial charge in [0.1, 0.15) is 0 Å². The van der Waals surface area contributed by atoms with Gasteiger partial charge in [-0.2, -0.15) is 0 Å². The highest BCUT2D eigenvalue weighted by Gasteiger charge is 2.22. The van der Waals surface area contributed by atoms with E-state index < -0.39 is 10.8 Å². The fraction of sp³-hybridized carbons (Fsp3) is 0.118. The zero-order valence-electron chi connectivity index (χ0n) is 13.1. The summed E-state index contributed by atoms with van der Waals surface area (Å²) in [6.07, 6.45) is 2.54. The van der Waals surface area contributed by atoms with Crippen LogP contribution in [0.3, 0.4) is 0 Å². The number of nitrogens with one attached hydrogen (secondary N) is 1. The number of anilines is 1. The average Bonchev–Trinajstić information content (AvgIpc) is 3.02. The Balaban J connectivity index is 1.81. The van der Waals surface area contributed by atoms with E-state index in [1.807, 2.05) is 13.0 Å². The van der Waals surface area contributed by atoms with Gasteiger partial charge >= 0.3 is 0 Å². The summed E-state index contributed by atoms with van der Waals surface area (Å²) < 4.78 is 10.3. The zero-order valence-corrected chi connectivity index (χ0v) is 13.9. The summed E-state index contributed by atoms with van der Waals surface area (Å²) in [4.78, 5) is 22.7. The summed E-state index contributed by atoms with van der Waals surface area (Å²) in [5.41, 5.74) is 1.48. The minimum atomic E-state index is -0.545. The van der Waals surface area contributed by atoms with Gasteiger partial charge in [-0.3, -0.25) is 14.9 Å². The number of carbonyl (C=O) groups is 1. The first-order valence-electron chi connectivity index (χ1n) is 7.27. The quantitative estimate of drug-likeness (QED) is 0.506. The Hall–Kier alpha value is -3.06. The number of amides is 1. The van der Waals surface area contributed by atoms with E-state index in [1.165, 1.54) is 24.3 Å². The van der Waals surface area contributed by atoms with E-state index >= 15 is 0 Å². The lowest BCUT2D eigenvalue weighted by atomic mass is 10.1. The Bertz CT molecular complexity index is 895. The summed E-state index contributed by atoms with van der Waals surface area (Å²) in [6, 6.07) is 7.96. The van der Waals surface area contributed by atoms with Gasteiger partial charge in [0.2, 0.25) is 12.7 Å². The zero-order chi connectivity index (χ0) is 18.0. The van der Waals surface area contributed by atoms with Crippen LogP contribution in [0.4, 0.5) is 11.4 Å². The maximum absolute atomic E-state index is 12.1. The van der Waals surface area contributed by atoms with Crippen LogP contribution in [-0.4, -0.2) is 17.6 Å². The van der Waals surface area contributed by atoms with Crippen LogP contribution in [0.5, 0.6) is 11.5 Å². The van der Waals surface area contributed by atoms with E-state index in [4.69, 9.17) is 21.1 Å². The smallest absolute Gasteiger partial charge is 0.280 e. The maximum atomic E-state index is 12.1. The van der Waals surface area contributed by atoms with Gasteiger partial charge in [-0.05, 0) is 36.8 Å². The van der Waals surface area contributed by atoms with E-state index in [2.05, 4.69) is 5.32 Å². The molecule has 0 aromatic heterocycles. The maximum Gasteiger partial charge on any atom is 0.280 e. The van der Waals surface area contributed by atoms with Crippen molar-refractivity contribution in [3.8, 4) is 11.5 Å². The van der Waals surface area contributed by atoms with Gasteiger partial charge < -0.3 is 14.8 Å². The van der Waals surface area contributed by atoms with E-state index in [-0.39, 0.29) is 18.0 Å². The number of nitro benzene ring substituents is 1. The SMILES string of the molecule is Cc1ccc(NC(=O)C=Cc2cc3c(cc2[N+](=O)[O-])OCO3)c(Cl)c1. The lowest BCUT2D eigenvalue weighted by molar-refractivity contribution is -0.385. The molecule has 7 nitrogen and oxygen atoms in total. The molecule has 1 N–H and O–H groups in total. The van der Waals surface area contributed by atoms with Crippen molar-refractivity contribution in [3.63, 3.8) is 0 Å². The van der Waals surface area contributed by atoms with Crippen LogP contribution in [0, 0.1) is 17.0 Å². The third kappa shape index (κ3) is 3.72. The second kappa shape index (κ2) is 6.82. The number of hydrogen-bond donors (Lipinski definition) is 1. The van der Waals surface area contributed by atoms with E-state index in [0.717, 1.165) is 5.56 Å². The number of ether oxygens (including phenoxy) is 2. The number of aryl methyl sites for hydroxylation is 1. The van der Waals surface area contributed by atoms with Crippen LogP contribution in [0.1, 0.15) is 11.1 Å². The van der Waals surface area contributed by atoms with Crippen molar-refractivity contribution in [2.45, 2.75) is 6.92 Å². The number of benzene rings is 2. The molecule has 0 radical (unpaired) electrons. The highest BCUT2D eigenvalue weighted by molar-refractivity contribution is 6.33. The molecule has 2 aromatic carbocycles. The molecule has 25 heavy (non-hydrogen) atoms. The molecule has 1 heterocycles. The number of nitro groups is 1. The molecule has 8 heteroatoms. The summed E-state index contributed by atoms with van der Waals surface area (Å²) in [5.74, 6) is 0.240. The van der Waals surface area contributed by atoms with Crippen molar-refractivity contribution in [2.75, 3.05) is 12.1 Å². The molecule has 0 atom stereocenters. The van der Waals surface area contributed by atoms with E-state index in [0.29, 0.717) is 22.2 Å². The first-order chi connectivity index (χ1) is 11.9. The molecule has 0 fully saturated rings. The van der Waals surface area contributed by atoms with Crippen molar-refractivity contribution in [2.24, 2.45) is 0 Å². The minimum Gasteiger partial charge on any atom is -0.454 e. The van der Waals surface area contributed by atoms with Crippen molar-refractivity contribution in [1.82, 2.24) is 0 Å². The predicted molar refractivity (Wildman–Crippen MR) is 93.1 cm³/mol. The Labute approximate surface area is 148 Å². The highest BCUT2D eigenvalue weighted by atomic mass is 35.5. The number of nitrogens with zero attached hydrogens (tertiary/aromatic N) is 1. The van der Waals surface area contributed by atoms with Gasteiger partial charge in [-0.1, -0.05) is 17.7 Å². The lowest BCUT2D eigenvalue weighted by Gasteiger charge is -2.05. The van der Waals surface area contributed by atoms with Crippen LogP contribution >= 0.6 is 11.6 Å². The van der Waals surface area contributed by atoms with Crippen molar-refractivity contribution >= 4 is 35.0 Å². The fourth-order valence-electron chi connectivity index (χ4n) is 2.30. The highest BCUT2D eigenvalue weighted by Crippen LogP contribution is 2.38. The first kappa shape index (κ1) is 16.8. The molecule has 128 valence electrons. The third-order valence-corrected chi connectivity index (χ3v) is 3.83. The standard InChI is InChI=1S/C17H13ClN2O5/c1-10-2-4-13(12(18)6-10)19-17(21)5-3-11-7-15-16(25-9-24-15)8-14(11)20(22)23/h2-8H,9H2,1H3,(H,19,21). The van der Waals surface area contributed by atoms with Gasteiger partial charge in [-0.15, -0.1) is 0 Å². The number of rotatable bonds is 4. The monoisotopic (exact) mass is 360 g/mol. The Morgan fingerprint density at radius 2 is 2.00 bits per heavy atom. The Morgan fingerprint density at radius 1 is 1.28 bits per heavy atom. The lowest BCUT2D eigenvalue weighted by Crippen LogP contribution is -2.08. The molecule has 0 saturated heterocycles. The molecule has 0 bridgehead atoms. The molecular formula is C17H13ClN2O5. The molecule has 0 spiro atoms. The molecule has 2 aromatic rings. The normalized spacial score (nSPS) is 12.4. The van der Waals surface area contributed by atoms with Crippen molar-refractivity contribution in [3.05, 3.63) is 62.7 Å². The van der Waals surface area contributed by atoms with Gasteiger partial charge in [-0.25, -0.2) is 0 Å². The number of carbonyl (C=O) groups excluding carboxylic acids is 1. The van der Waals surface area contributed by atoms with Crippen LogP contribution in [-0.2, 0) is 4.79 Å². The molecule has 0 aliphatic carbocycles. The number of fused-ring (bicyclic) bond motifs is 1. The molecule has 1 aliphatic heterocycles. The van der Waals surface area contributed by atoms with E-state index in [9.17, 15) is 14.9 Å². The molecular weight excluding hydrogens is 348 g/mol. The second-order valence-corrected chi connectivity index (χ2v) is 5.73. The summed E-state index contributed by atoms with van der Waals surface area (Å²) in [7, 11) is 0. The number of hydrogen-bond acceptors (Lipinski definition) is 5. The van der Waals surface area contributed by atoms with Gasteiger partial charge in [0.25, 0.3) is 5.69 Å². The Kier molecular flexibility index (Phi) is 4.58. The fourth-order valence-corrected chi connectivity index (χ4v) is 2.58. The van der Waals surface area contributed by atoms with Gasteiger partial charge in [0.15, 0.2) is 11.5 Å². The van der Waals surface area contributed by atoms with E-state index in [1.54, 1.807) is 12.1 Å². The first-order valence-corrected chi connectivity index (χ1v) is 7.65. The van der Waals surface area contributed by atoms with Gasteiger partial charge in [0.05, 0.1) is 27.3 Å².